The van der Waals surface area contributed by atoms with Crippen molar-refractivity contribution in [3.8, 4) is 0 Å². The van der Waals surface area contributed by atoms with Crippen LogP contribution in [0.1, 0.15) is 17.8 Å². The zero-order chi connectivity index (χ0) is 16.3. The summed E-state index contributed by atoms with van der Waals surface area (Å²) in [5.41, 5.74) is 0. The van der Waals surface area contributed by atoms with Gasteiger partial charge in [-0.25, -0.2) is 8.42 Å². The summed E-state index contributed by atoms with van der Waals surface area (Å²) in [6.07, 6.45) is 2.09. The molecule has 0 saturated carbocycles. The molecule has 2 aromatic rings. The number of anilines is 1. The number of benzene rings is 1. The lowest BCUT2D eigenvalue weighted by Gasteiger charge is -2.13. The Kier molecular flexibility index (Phi) is 4.58. The van der Waals surface area contributed by atoms with Crippen LogP contribution in [-0.4, -0.2) is 42.5 Å². The highest BCUT2D eigenvalue weighted by molar-refractivity contribution is 7.93. The molecular weight excluding hydrogens is 336 g/mol. The molecule has 1 amide bonds. The molecule has 1 aromatic carbocycles. The molecule has 0 unspecified atom stereocenters. The van der Waals surface area contributed by atoms with E-state index in [4.69, 9.17) is 0 Å². The molecule has 0 bridgehead atoms. The molecule has 3 rings (SSSR count). The number of hydrogen-bond donors (Lipinski definition) is 1. The first-order valence-electron chi connectivity index (χ1n) is 7.23. The fourth-order valence-electron chi connectivity index (χ4n) is 2.34. The van der Waals surface area contributed by atoms with Crippen LogP contribution in [0.15, 0.2) is 35.2 Å². The lowest BCUT2D eigenvalue weighted by molar-refractivity contribution is -0.127. The molecule has 0 spiro atoms. The fraction of sp³-hybridized carbons (Fsp3) is 0.357. The van der Waals surface area contributed by atoms with Gasteiger partial charge in [-0.05, 0) is 18.6 Å². The van der Waals surface area contributed by atoms with Crippen molar-refractivity contribution in [2.75, 3.05) is 17.8 Å². The van der Waals surface area contributed by atoms with E-state index >= 15 is 0 Å². The van der Waals surface area contributed by atoms with Crippen molar-refractivity contribution in [2.24, 2.45) is 0 Å². The topological polar surface area (TPSA) is 92.3 Å². The third-order valence-corrected chi connectivity index (χ3v) is 5.89. The summed E-state index contributed by atoms with van der Waals surface area (Å²) >= 11 is 1.19. The van der Waals surface area contributed by atoms with Crippen LogP contribution in [0.5, 0.6) is 0 Å². The summed E-state index contributed by atoms with van der Waals surface area (Å²) in [6, 6.07) is 8.11. The number of carbonyl (C=O) groups excluding carboxylic acids is 1. The lowest BCUT2D eigenvalue weighted by atomic mass is 10.4. The molecule has 23 heavy (non-hydrogen) atoms. The van der Waals surface area contributed by atoms with Gasteiger partial charge in [-0.1, -0.05) is 29.5 Å². The van der Waals surface area contributed by atoms with Crippen molar-refractivity contribution in [2.45, 2.75) is 24.2 Å². The van der Waals surface area contributed by atoms with Crippen molar-refractivity contribution in [3.63, 3.8) is 0 Å². The van der Waals surface area contributed by atoms with Gasteiger partial charge >= 0.3 is 0 Å². The highest BCUT2D eigenvalue weighted by Crippen LogP contribution is 2.21. The van der Waals surface area contributed by atoms with Gasteiger partial charge in [0.15, 0.2) is 0 Å². The maximum atomic E-state index is 12.2. The monoisotopic (exact) mass is 352 g/mol. The summed E-state index contributed by atoms with van der Waals surface area (Å²) in [5.74, 6) is 0.166. The predicted molar refractivity (Wildman–Crippen MR) is 86.7 cm³/mol. The van der Waals surface area contributed by atoms with E-state index in [1.807, 2.05) is 0 Å². The molecular formula is C14H16N4O3S2. The van der Waals surface area contributed by atoms with Crippen LogP contribution in [0, 0.1) is 0 Å². The summed E-state index contributed by atoms with van der Waals surface area (Å²) in [4.78, 5) is 13.5. The first kappa shape index (κ1) is 15.9. The fourth-order valence-corrected chi connectivity index (χ4v) is 4.32. The first-order chi connectivity index (χ1) is 11.0. The summed E-state index contributed by atoms with van der Waals surface area (Å²) in [7, 11) is -3.65. The van der Waals surface area contributed by atoms with Crippen molar-refractivity contribution < 1.29 is 13.2 Å². The Morgan fingerprint density at radius 3 is 2.70 bits per heavy atom. The second-order valence-electron chi connectivity index (χ2n) is 5.15. The van der Waals surface area contributed by atoms with Gasteiger partial charge in [0.2, 0.25) is 11.0 Å². The number of carbonyl (C=O) groups is 1. The Hall–Kier alpha value is -2.00. The van der Waals surface area contributed by atoms with Gasteiger partial charge in [0, 0.05) is 25.9 Å². The Labute approximate surface area is 138 Å². The van der Waals surface area contributed by atoms with Crippen LogP contribution in [0.25, 0.3) is 0 Å². The molecule has 9 heteroatoms. The zero-order valence-electron chi connectivity index (χ0n) is 12.3. The van der Waals surface area contributed by atoms with E-state index in [2.05, 4.69) is 14.9 Å². The standard InChI is InChI=1S/C14H16N4O3S2/c19-13-7-4-9-18(13)10-8-12-15-16-14(22-12)17-23(20,21)11-5-2-1-3-6-11/h1-3,5-6H,4,7-10H2,(H,16,17). The molecule has 1 fully saturated rings. The van der Waals surface area contributed by atoms with Crippen molar-refractivity contribution >= 4 is 32.4 Å². The third kappa shape index (κ3) is 3.85. The van der Waals surface area contributed by atoms with Crippen LogP contribution in [0.2, 0.25) is 0 Å². The number of likely N-dealkylation sites (tertiary alicyclic amines) is 1. The molecule has 2 heterocycles. The molecule has 1 aliphatic heterocycles. The second-order valence-corrected chi connectivity index (χ2v) is 7.90. The van der Waals surface area contributed by atoms with Crippen LogP contribution < -0.4 is 4.72 Å². The maximum Gasteiger partial charge on any atom is 0.263 e. The number of aromatic nitrogens is 2. The lowest BCUT2D eigenvalue weighted by Crippen LogP contribution is -2.26. The zero-order valence-corrected chi connectivity index (χ0v) is 13.9. The highest BCUT2D eigenvalue weighted by atomic mass is 32.2. The van der Waals surface area contributed by atoms with E-state index in [1.165, 1.54) is 23.5 Å². The van der Waals surface area contributed by atoms with Gasteiger partial charge in [0.05, 0.1) is 4.90 Å². The number of rotatable bonds is 6. The molecule has 1 aromatic heterocycles. The Morgan fingerprint density at radius 2 is 2.00 bits per heavy atom. The molecule has 1 saturated heterocycles. The van der Waals surface area contributed by atoms with Gasteiger partial charge in [0.1, 0.15) is 5.01 Å². The molecule has 1 N–H and O–H groups in total. The van der Waals surface area contributed by atoms with Gasteiger partial charge < -0.3 is 4.90 Å². The number of amides is 1. The SMILES string of the molecule is O=C1CCCN1CCc1nnc(NS(=O)(=O)c2ccccc2)s1. The highest BCUT2D eigenvalue weighted by Gasteiger charge is 2.21. The normalized spacial score (nSPS) is 15.1. The van der Waals surface area contributed by atoms with E-state index in [9.17, 15) is 13.2 Å². The first-order valence-corrected chi connectivity index (χ1v) is 9.52. The van der Waals surface area contributed by atoms with E-state index < -0.39 is 10.0 Å². The quantitative estimate of drug-likeness (QED) is 0.850. The summed E-state index contributed by atoms with van der Waals surface area (Å²) in [6.45, 7) is 1.38. The van der Waals surface area contributed by atoms with E-state index in [1.54, 1.807) is 23.1 Å². The Bertz CT molecular complexity index is 789. The van der Waals surface area contributed by atoms with Crippen LogP contribution in [0.4, 0.5) is 5.13 Å². The van der Waals surface area contributed by atoms with Crippen LogP contribution in [-0.2, 0) is 21.2 Å². The second kappa shape index (κ2) is 6.63. The largest absolute Gasteiger partial charge is 0.342 e. The molecule has 0 aliphatic carbocycles. The van der Waals surface area contributed by atoms with Gasteiger partial charge in [-0.2, -0.15) is 0 Å². The van der Waals surface area contributed by atoms with Crippen molar-refractivity contribution in [1.82, 2.24) is 15.1 Å². The van der Waals surface area contributed by atoms with E-state index in [0.29, 0.717) is 24.4 Å². The minimum absolute atomic E-state index is 0.166. The maximum absolute atomic E-state index is 12.2. The predicted octanol–water partition coefficient (Wildman–Crippen LogP) is 1.50. The van der Waals surface area contributed by atoms with E-state index in [0.717, 1.165) is 13.0 Å². The number of nitrogens with zero attached hydrogens (tertiary/aromatic N) is 3. The minimum Gasteiger partial charge on any atom is -0.342 e. The molecule has 0 radical (unpaired) electrons. The third-order valence-electron chi connectivity index (χ3n) is 3.51. The van der Waals surface area contributed by atoms with E-state index in [-0.39, 0.29) is 15.9 Å². The Balaban J connectivity index is 1.62. The number of nitrogens with one attached hydrogen (secondary N) is 1. The van der Waals surface area contributed by atoms with Crippen LogP contribution in [0.3, 0.4) is 0 Å². The average molecular weight is 352 g/mol. The molecule has 7 nitrogen and oxygen atoms in total. The molecule has 0 atom stereocenters. The van der Waals surface area contributed by atoms with Gasteiger partial charge in [0.25, 0.3) is 10.0 Å². The smallest absolute Gasteiger partial charge is 0.263 e. The molecule has 1 aliphatic rings. The number of sulfonamides is 1. The van der Waals surface area contributed by atoms with Crippen molar-refractivity contribution in [3.05, 3.63) is 35.3 Å². The summed E-state index contributed by atoms with van der Waals surface area (Å²) < 4.78 is 26.8. The van der Waals surface area contributed by atoms with Gasteiger partial charge in [-0.3, -0.25) is 9.52 Å². The summed E-state index contributed by atoms with van der Waals surface area (Å²) in [5, 5.41) is 8.79. The van der Waals surface area contributed by atoms with Crippen molar-refractivity contribution in [1.29, 1.82) is 0 Å². The number of hydrogen-bond acceptors (Lipinski definition) is 6. The van der Waals surface area contributed by atoms with Gasteiger partial charge in [-0.15, -0.1) is 10.2 Å². The Morgan fingerprint density at radius 1 is 1.22 bits per heavy atom. The minimum atomic E-state index is -3.65. The average Bonchev–Trinajstić information content (AvgIpc) is 3.15. The van der Waals surface area contributed by atoms with Crippen LogP contribution >= 0.6 is 11.3 Å². The molecule has 122 valence electrons.